The zero-order chi connectivity index (χ0) is 10.7. The van der Waals surface area contributed by atoms with Crippen LogP contribution in [-0.2, 0) is 0 Å². The van der Waals surface area contributed by atoms with Crippen molar-refractivity contribution in [1.82, 2.24) is 4.98 Å². The van der Waals surface area contributed by atoms with E-state index in [1.807, 2.05) is 18.3 Å². The van der Waals surface area contributed by atoms with Crippen molar-refractivity contribution in [2.45, 2.75) is 38.6 Å². The van der Waals surface area contributed by atoms with Gasteiger partial charge in [-0.3, -0.25) is 0 Å². The summed E-state index contributed by atoms with van der Waals surface area (Å²) in [6.45, 7) is 2.23. The van der Waals surface area contributed by atoms with Crippen LogP contribution in [0.4, 0.5) is 5.82 Å². The van der Waals surface area contributed by atoms with E-state index < -0.39 is 0 Å². The van der Waals surface area contributed by atoms with E-state index in [9.17, 15) is 0 Å². The van der Waals surface area contributed by atoms with E-state index in [-0.39, 0.29) is 0 Å². The number of halogens is 1. The lowest BCUT2D eigenvalue weighted by atomic mass is 10.1. The van der Waals surface area contributed by atoms with Crippen molar-refractivity contribution in [1.29, 1.82) is 0 Å². The predicted molar refractivity (Wildman–Crippen MR) is 67.0 cm³/mol. The molecule has 1 aliphatic rings. The van der Waals surface area contributed by atoms with Crippen molar-refractivity contribution in [2.24, 2.45) is 5.92 Å². The molecule has 1 aromatic rings. The first-order valence-electron chi connectivity index (χ1n) is 5.62. The molecule has 1 unspecified atom stereocenters. The molecule has 1 aromatic heterocycles. The maximum Gasteiger partial charge on any atom is 0.126 e. The Bertz CT molecular complexity index is 306. The van der Waals surface area contributed by atoms with Crippen molar-refractivity contribution in [3.63, 3.8) is 0 Å². The lowest BCUT2D eigenvalue weighted by molar-refractivity contribution is 0.609. The molecule has 0 radical (unpaired) electrons. The summed E-state index contributed by atoms with van der Waals surface area (Å²) in [5, 5.41) is 3.42. The van der Waals surface area contributed by atoms with Crippen LogP contribution in [-0.4, -0.2) is 11.0 Å². The molecule has 1 atom stereocenters. The van der Waals surface area contributed by atoms with Crippen molar-refractivity contribution >= 4 is 21.7 Å². The first-order chi connectivity index (χ1) is 7.24. The van der Waals surface area contributed by atoms with Crippen LogP contribution in [0.25, 0.3) is 0 Å². The van der Waals surface area contributed by atoms with E-state index in [0.717, 1.165) is 16.2 Å². The predicted octanol–water partition coefficient (Wildman–Crippen LogP) is 3.83. The minimum absolute atomic E-state index is 0.527. The van der Waals surface area contributed by atoms with Gasteiger partial charge in [-0.25, -0.2) is 4.98 Å². The van der Waals surface area contributed by atoms with Crippen LogP contribution in [0.15, 0.2) is 22.8 Å². The molecule has 1 heterocycles. The lowest BCUT2D eigenvalue weighted by Crippen LogP contribution is -2.15. The van der Waals surface area contributed by atoms with Gasteiger partial charge >= 0.3 is 0 Å². The largest absolute Gasteiger partial charge is 0.368 e. The maximum absolute atomic E-state index is 4.30. The highest BCUT2D eigenvalue weighted by Crippen LogP contribution is 2.34. The first-order valence-corrected chi connectivity index (χ1v) is 6.41. The standard InChI is InChI=1S/C12H17BrN2/c1-9(2-3-10-4-5-10)15-12-7-6-11(13)8-14-12/h6-10H,2-5H2,1H3,(H,14,15). The zero-order valence-electron chi connectivity index (χ0n) is 9.04. The quantitative estimate of drug-likeness (QED) is 0.878. The second-order valence-corrected chi connectivity index (χ2v) is 5.34. The first kappa shape index (κ1) is 10.9. The van der Waals surface area contributed by atoms with Gasteiger partial charge in [0.1, 0.15) is 5.82 Å². The number of anilines is 1. The Morgan fingerprint density at radius 1 is 1.53 bits per heavy atom. The molecule has 0 spiro atoms. The molecule has 2 nitrogen and oxygen atoms in total. The Morgan fingerprint density at radius 3 is 2.93 bits per heavy atom. The summed E-state index contributed by atoms with van der Waals surface area (Å²) in [5.41, 5.74) is 0. The van der Waals surface area contributed by atoms with Gasteiger partial charge in [0.05, 0.1) is 0 Å². The van der Waals surface area contributed by atoms with E-state index in [2.05, 4.69) is 33.2 Å². The second kappa shape index (κ2) is 4.97. The summed E-state index contributed by atoms with van der Waals surface area (Å²) in [7, 11) is 0. The molecule has 1 fully saturated rings. The van der Waals surface area contributed by atoms with Gasteiger partial charge in [0, 0.05) is 16.7 Å². The van der Waals surface area contributed by atoms with Gasteiger partial charge in [-0.1, -0.05) is 12.8 Å². The number of pyridine rings is 1. The molecule has 1 aliphatic carbocycles. The Hall–Kier alpha value is -0.570. The number of hydrogen-bond acceptors (Lipinski definition) is 2. The topological polar surface area (TPSA) is 24.9 Å². The molecule has 0 aromatic carbocycles. The van der Waals surface area contributed by atoms with Crippen LogP contribution in [0.1, 0.15) is 32.6 Å². The van der Waals surface area contributed by atoms with Crippen LogP contribution in [0.3, 0.4) is 0 Å². The van der Waals surface area contributed by atoms with Gasteiger partial charge < -0.3 is 5.32 Å². The third-order valence-corrected chi connectivity index (χ3v) is 3.30. The van der Waals surface area contributed by atoms with E-state index in [1.165, 1.54) is 25.7 Å². The van der Waals surface area contributed by atoms with E-state index in [4.69, 9.17) is 0 Å². The number of aromatic nitrogens is 1. The van der Waals surface area contributed by atoms with Crippen molar-refractivity contribution in [2.75, 3.05) is 5.32 Å². The fraction of sp³-hybridized carbons (Fsp3) is 0.583. The average molecular weight is 269 g/mol. The fourth-order valence-corrected chi connectivity index (χ4v) is 1.91. The van der Waals surface area contributed by atoms with Gasteiger partial charge in [0.25, 0.3) is 0 Å². The number of nitrogens with zero attached hydrogens (tertiary/aromatic N) is 1. The number of nitrogens with one attached hydrogen (secondary N) is 1. The van der Waals surface area contributed by atoms with E-state index in [0.29, 0.717) is 6.04 Å². The highest BCUT2D eigenvalue weighted by Gasteiger charge is 2.21. The summed E-state index contributed by atoms with van der Waals surface area (Å²) in [5.74, 6) is 1.99. The smallest absolute Gasteiger partial charge is 0.126 e. The molecule has 0 saturated heterocycles. The fourth-order valence-electron chi connectivity index (χ4n) is 1.68. The highest BCUT2D eigenvalue weighted by molar-refractivity contribution is 9.10. The number of rotatable bonds is 5. The van der Waals surface area contributed by atoms with Crippen LogP contribution in [0.5, 0.6) is 0 Å². The Kier molecular flexibility index (Phi) is 3.62. The average Bonchev–Trinajstić information content (AvgIpc) is 3.02. The molecule has 0 bridgehead atoms. The van der Waals surface area contributed by atoms with Crippen LogP contribution >= 0.6 is 15.9 Å². The molecule has 2 rings (SSSR count). The molecule has 15 heavy (non-hydrogen) atoms. The van der Waals surface area contributed by atoms with Crippen molar-refractivity contribution in [3.8, 4) is 0 Å². The summed E-state index contributed by atoms with van der Waals surface area (Å²) in [6.07, 6.45) is 7.34. The Morgan fingerprint density at radius 2 is 2.33 bits per heavy atom. The second-order valence-electron chi connectivity index (χ2n) is 4.43. The van der Waals surface area contributed by atoms with E-state index >= 15 is 0 Å². The van der Waals surface area contributed by atoms with Gasteiger partial charge in [0.2, 0.25) is 0 Å². The molecular weight excluding hydrogens is 252 g/mol. The van der Waals surface area contributed by atoms with E-state index in [1.54, 1.807) is 0 Å². The van der Waals surface area contributed by atoms with Gasteiger partial charge in [-0.15, -0.1) is 0 Å². The summed E-state index contributed by atoms with van der Waals surface area (Å²) < 4.78 is 1.03. The Balaban J connectivity index is 1.76. The van der Waals surface area contributed by atoms with Gasteiger partial charge in [-0.2, -0.15) is 0 Å². The SMILES string of the molecule is CC(CCC1CC1)Nc1ccc(Br)cn1. The monoisotopic (exact) mass is 268 g/mol. The third-order valence-electron chi connectivity index (χ3n) is 2.83. The molecule has 0 aliphatic heterocycles. The van der Waals surface area contributed by atoms with Crippen molar-refractivity contribution in [3.05, 3.63) is 22.8 Å². The summed E-state index contributed by atoms with van der Waals surface area (Å²) in [6, 6.07) is 4.56. The molecular formula is C12H17BrN2. The van der Waals surface area contributed by atoms with Crippen LogP contribution in [0, 0.1) is 5.92 Å². The number of hydrogen-bond donors (Lipinski definition) is 1. The highest BCUT2D eigenvalue weighted by atomic mass is 79.9. The minimum Gasteiger partial charge on any atom is -0.368 e. The molecule has 82 valence electrons. The normalized spacial score (nSPS) is 17.5. The molecule has 0 amide bonds. The third kappa shape index (κ3) is 3.82. The molecule has 1 N–H and O–H groups in total. The van der Waals surface area contributed by atoms with Crippen LogP contribution < -0.4 is 5.32 Å². The van der Waals surface area contributed by atoms with Crippen molar-refractivity contribution < 1.29 is 0 Å². The summed E-state index contributed by atoms with van der Waals surface area (Å²) in [4.78, 5) is 4.30. The van der Waals surface area contributed by atoms with Gasteiger partial charge in [-0.05, 0) is 53.7 Å². The maximum atomic E-state index is 4.30. The lowest BCUT2D eigenvalue weighted by Gasteiger charge is -2.13. The molecule has 1 saturated carbocycles. The minimum atomic E-state index is 0.527. The molecule has 3 heteroatoms. The zero-order valence-corrected chi connectivity index (χ0v) is 10.6. The Labute approximate surface area is 99.6 Å². The van der Waals surface area contributed by atoms with Crippen LogP contribution in [0.2, 0.25) is 0 Å². The van der Waals surface area contributed by atoms with Gasteiger partial charge in [0.15, 0.2) is 0 Å². The summed E-state index contributed by atoms with van der Waals surface area (Å²) >= 11 is 3.38.